The number of anilines is 1. The highest BCUT2D eigenvalue weighted by Gasteiger charge is 2.14. The Kier molecular flexibility index (Phi) is 5.09. The molecule has 1 aromatic carbocycles. The summed E-state index contributed by atoms with van der Waals surface area (Å²) in [6.45, 7) is 2.65. The molecule has 3 aromatic rings. The molecule has 1 saturated heterocycles. The normalized spacial score (nSPS) is 13.7. The molecule has 0 atom stereocenters. The van der Waals surface area contributed by atoms with Gasteiger partial charge in [0.1, 0.15) is 12.1 Å². The molecular weight excluding hydrogens is 340 g/mol. The highest BCUT2D eigenvalue weighted by Crippen LogP contribution is 2.18. The molecule has 3 heterocycles. The van der Waals surface area contributed by atoms with Crippen LogP contribution in [0.15, 0.2) is 48.9 Å². The minimum Gasteiger partial charge on any atom is -0.357 e. The number of benzene rings is 1. The maximum absolute atomic E-state index is 12.3. The molecule has 0 radical (unpaired) electrons. The van der Waals surface area contributed by atoms with Gasteiger partial charge in [0, 0.05) is 49.6 Å². The van der Waals surface area contributed by atoms with E-state index < -0.39 is 0 Å². The third-order valence-electron chi connectivity index (χ3n) is 4.76. The van der Waals surface area contributed by atoms with Gasteiger partial charge in [0.05, 0.1) is 5.69 Å². The number of carbonyl (C=O) groups excluding carboxylic acids is 1. The Labute approximate surface area is 157 Å². The van der Waals surface area contributed by atoms with Crippen LogP contribution in [-0.4, -0.2) is 45.7 Å². The van der Waals surface area contributed by atoms with E-state index in [9.17, 15) is 4.79 Å². The van der Waals surface area contributed by atoms with Crippen LogP contribution in [0.1, 0.15) is 28.9 Å². The van der Waals surface area contributed by atoms with Crippen molar-refractivity contribution in [1.29, 1.82) is 0 Å². The summed E-state index contributed by atoms with van der Waals surface area (Å²) in [5, 5.41) is 9.81. The summed E-state index contributed by atoms with van der Waals surface area (Å²) in [6.07, 6.45) is 6.43. The molecule has 0 bridgehead atoms. The number of hydrogen-bond donors (Lipinski definition) is 2. The van der Waals surface area contributed by atoms with Gasteiger partial charge in [-0.05, 0) is 36.6 Å². The van der Waals surface area contributed by atoms with Crippen molar-refractivity contribution in [3.05, 3.63) is 60.2 Å². The fraction of sp³-hybridized carbons (Fsp3) is 0.300. The van der Waals surface area contributed by atoms with Gasteiger partial charge in [-0.15, -0.1) is 0 Å². The lowest BCUT2D eigenvalue weighted by molar-refractivity contribution is 0.0954. The maximum Gasteiger partial charge on any atom is 0.251 e. The van der Waals surface area contributed by atoms with E-state index in [1.165, 1.54) is 12.8 Å². The summed E-state index contributed by atoms with van der Waals surface area (Å²) in [6, 6.07) is 11.4. The number of aromatic nitrogens is 4. The first-order chi connectivity index (χ1) is 13.3. The fourth-order valence-electron chi connectivity index (χ4n) is 3.27. The van der Waals surface area contributed by atoms with Gasteiger partial charge in [0.2, 0.25) is 0 Å². The summed E-state index contributed by atoms with van der Waals surface area (Å²) in [5.74, 6) is 0.901. The van der Waals surface area contributed by atoms with Crippen LogP contribution in [0.4, 0.5) is 5.82 Å². The first-order valence-corrected chi connectivity index (χ1v) is 9.23. The molecule has 0 aliphatic carbocycles. The fourth-order valence-corrected chi connectivity index (χ4v) is 3.27. The van der Waals surface area contributed by atoms with Gasteiger partial charge in [-0.3, -0.25) is 9.89 Å². The van der Waals surface area contributed by atoms with Crippen LogP contribution in [0.3, 0.4) is 0 Å². The van der Waals surface area contributed by atoms with Crippen LogP contribution in [0.5, 0.6) is 0 Å². The molecule has 7 heteroatoms. The summed E-state index contributed by atoms with van der Waals surface area (Å²) < 4.78 is 0. The topological polar surface area (TPSA) is 86.8 Å². The zero-order valence-corrected chi connectivity index (χ0v) is 15.1. The standard InChI is InChI=1S/C20H22N6O/c27-20(16-5-3-15(4-6-16)18-8-10-24-25-18)21-9-7-17-13-19(23-14-22-17)26-11-1-2-12-26/h3-6,8,10,13-14H,1-2,7,9,11-12H2,(H,21,27)(H,24,25). The van der Waals surface area contributed by atoms with Gasteiger partial charge >= 0.3 is 0 Å². The molecule has 0 saturated carbocycles. The predicted molar refractivity (Wildman–Crippen MR) is 104 cm³/mol. The summed E-state index contributed by atoms with van der Waals surface area (Å²) in [4.78, 5) is 23.3. The van der Waals surface area contributed by atoms with E-state index in [2.05, 4.69) is 30.4 Å². The average Bonchev–Trinajstić information content (AvgIpc) is 3.42. The van der Waals surface area contributed by atoms with Crippen molar-refractivity contribution in [1.82, 2.24) is 25.5 Å². The van der Waals surface area contributed by atoms with Crippen LogP contribution in [0.2, 0.25) is 0 Å². The highest BCUT2D eigenvalue weighted by molar-refractivity contribution is 5.94. The Morgan fingerprint density at radius 3 is 2.67 bits per heavy atom. The van der Waals surface area contributed by atoms with E-state index in [1.54, 1.807) is 12.5 Å². The van der Waals surface area contributed by atoms with Gasteiger partial charge < -0.3 is 10.2 Å². The maximum atomic E-state index is 12.3. The Balaban J connectivity index is 1.31. The van der Waals surface area contributed by atoms with Crippen LogP contribution < -0.4 is 10.2 Å². The number of amides is 1. The summed E-state index contributed by atoms with van der Waals surface area (Å²) in [5.41, 5.74) is 3.51. The lowest BCUT2D eigenvalue weighted by Crippen LogP contribution is -2.26. The lowest BCUT2D eigenvalue weighted by Gasteiger charge is -2.16. The van der Waals surface area contributed by atoms with E-state index in [4.69, 9.17) is 0 Å². The zero-order chi connectivity index (χ0) is 18.5. The SMILES string of the molecule is O=C(NCCc1cc(N2CCCC2)ncn1)c1ccc(-c2ccn[nH]2)cc1. The average molecular weight is 362 g/mol. The first kappa shape index (κ1) is 17.2. The minimum absolute atomic E-state index is 0.0833. The molecule has 2 N–H and O–H groups in total. The Bertz CT molecular complexity index is 885. The lowest BCUT2D eigenvalue weighted by atomic mass is 10.1. The van der Waals surface area contributed by atoms with Crippen LogP contribution >= 0.6 is 0 Å². The number of aromatic amines is 1. The van der Waals surface area contributed by atoms with Crippen molar-refractivity contribution in [2.24, 2.45) is 0 Å². The molecule has 4 rings (SSSR count). The molecule has 0 spiro atoms. The molecular formula is C20H22N6O. The van der Waals surface area contributed by atoms with Gasteiger partial charge in [0.25, 0.3) is 5.91 Å². The third kappa shape index (κ3) is 4.13. The van der Waals surface area contributed by atoms with Crippen LogP contribution in [0.25, 0.3) is 11.3 Å². The molecule has 27 heavy (non-hydrogen) atoms. The van der Waals surface area contributed by atoms with E-state index in [0.717, 1.165) is 35.9 Å². The van der Waals surface area contributed by atoms with Crippen molar-refractivity contribution >= 4 is 11.7 Å². The summed E-state index contributed by atoms with van der Waals surface area (Å²) in [7, 11) is 0. The first-order valence-electron chi connectivity index (χ1n) is 9.23. The van der Waals surface area contributed by atoms with Gasteiger partial charge in [-0.25, -0.2) is 9.97 Å². The third-order valence-corrected chi connectivity index (χ3v) is 4.76. The van der Waals surface area contributed by atoms with E-state index in [0.29, 0.717) is 18.5 Å². The predicted octanol–water partition coefficient (Wildman–Crippen LogP) is 2.44. The van der Waals surface area contributed by atoms with Crippen molar-refractivity contribution in [3.8, 4) is 11.3 Å². The van der Waals surface area contributed by atoms with Gasteiger partial charge in [-0.1, -0.05) is 12.1 Å². The zero-order valence-electron chi connectivity index (χ0n) is 15.1. The van der Waals surface area contributed by atoms with E-state index in [1.807, 2.05) is 36.4 Å². The van der Waals surface area contributed by atoms with Crippen LogP contribution in [-0.2, 0) is 6.42 Å². The second-order valence-corrected chi connectivity index (χ2v) is 6.62. The molecule has 2 aromatic heterocycles. The molecule has 138 valence electrons. The number of H-pyrrole nitrogens is 1. The quantitative estimate of drug-likeness (QED) is 0.703. The molecule has 1 amide bonds. The molecule has 1 aliphatic heterocycles. The second-order valence-electron chi connectivity index (χ2n) is 6.62. The largest absolute Gasteiger partial charge is 0.357 e. The van der Waals surface area contributed by atoms with E-state index >= 15 is 0 Å². The Hall–Kier alpha value is -3.22. The Morgan fingerprint density at radius 1 is 1.11 bits per heavy atom. The number of nitrogens with one attached hydrogen (secondary N) is 2. The highest BCUT2D eigenvalue weighted by atomic mass is 16.1. The second kappa shape index (κ2) is 7.99. The monoisotopic (exact) mass is 362 g/mol. The smallest absolute Gasteiger partial charge is 0.251 e. The molecule has 1 fully saturated rings. The van der Waals surface area contributed by atoms with Gasteiger partial charge in [-0.2, -0.15) is 5.10 Å². The van der Waals surface area contributed by atoms with Crippen molar-refractivity contribution in [2.75, 3.05) is 24.5 Å². The van der Waals surface area contributed by atoms with Crippen LogP contribution in [0, 0.1) is 0 Å². The molecule has 1 aliphatic rings. The summed E-state index contributed by atoms with van der Waals surface area (Å²) >= 11 is 0. The minimum atomic E-state index is -0.0833. The van der Waals surface area contributed by atoms with Crippen molar-refractivity contribution in [3.63, 3.8) is 0 Å². The molecule has 7 nitrogen and oxygen atoms in total. The van der Waals surface area contributed by atoms with Crippen molar-refractivity contribution < 1.29 is 4.79 Å². The molecule has 0 unspecified atom stereocenters. The number of carbonyl (C=O) groups is 1. The Morgan fingerprint density at radius 2 is 1.93 bits per heavy atom. The van der Waals surface area contributed by atoms with E-state index in [-0.39, 0.29) is 5.91 Å². The number of rotatable bonds is 6. The van der Waals surface area contributed by atoms with Gasteiger partial charge in [0.15, 0.2) is 0 Å². The number of hydrogen-bond acceptors (Lipinski definition) is 5. The van der Waals surface area contributed by atoms with Crippen molar-refractivity contribution in [2.45, 2.75) is 19.3 Å². The number of nitrogens with zero attached hydrogens (tertiary/aromatic N) is 4.